The summed E-state index contributed by atoms with van der Waals surface area (Å²) in [5, 5.41) is 8.84. The van der Waals surface area contributed by atoms with Crippen molar-refractivity contribution in [2.45, 2.75) is 123 Å². The molecule has 0 aliphatic rings. The second-order valence-electron chi connectivity index (χ2n) is 8.78. The number of unbranched alkanes of at least 4 members (excludes halogenated alkanes) is 7. The Morgan fingerprint density at radius 1 is 0.812 bits per heavy atom. The van der Waals surface area contributed by atoms with Crippen molar-refractivity contribution in [3.63, 3.8) is 0 Å². The number of hydrogen-bond donors (Lipinski definition) is 1. The van der Waals surface area contributed by atoms with Gasteiger partial charge in [-0.25, -0.2) is 0 Å². The van der Waals surface area contributed by atoms with Crippen molar-refractivity contribution in [3.05, 3.63) is 35.9 Å². The Labute approximate surface area is 194 Å². The van der Waals surface area contributed by atoms with Crippen LogP contribution in [0.5, 0.6) is 0 Å². The largest absolute Gasteiger partial charge is 0.481 e. The zero-order valence-electron chi connectivity index (χ0n) is 20.2. The van der Waals surface area contributed by atoms with Gasteiger partial charge in [0, 0.05) is 13.3 Å². The second-order valence-corrected chi connectivity index (χ2v) is 8.78. The van der Waals surface area contributed by atoms with Gasteiger partial charge in [-0.2, -0.15) is 0 Å². The quantitative estimate of drug-likeness (QED) is 0.171. The van der Waals surface area contributed by atoms with Gasteiger partial charge in [-0.05, 0) is 37.7 Å². The Kier molecular flexibility index (Phi) is 16.4. The van der Waals surface area contributed by atoms with Crippen LogP contribution >= 0.6 is 0 Å². The van der Waals surface area contributed by atoms with Crippen LogP contribution in [0.2, 0.25) is 0 Å². The molecule has 1 aromatic rings. The molecule has 5 nitrogen and oxygen atoms in total. The molecule has 0 fully saturated rings. The first-order valence-corrected chi connectivity index (χ1v) is 12.6. The Hall–Kier alpha value is -1.88. The maximum absolute atomic E-state index is 11.2. The van der Waals surface area contributed by atoms with E-state index in [9.17, 15) is 9.59 Å². The van der Waals surface area contributed by atoms with E-state index in [1.54, 1.807) is 0 Å². The minimum Gasteiger partial charge on any atom is -0.481 e. The average molecular weight is 449 g/mol. The zero-order valence-corrected chi connectivity index (χ0v) is 20.2. The van der Waals surface area contributed by atoms with E-state index in [4.69, 9.17) is 14.6 Å². The number of carbonyl (C=O) groups is 2. The van der Waals surface area contributed by atoms with Crippen LogP contribution in [-0.4, -0.2) is 29.3 Å². The number of carboxylic acid groups (broad SMARTS) is 1. The number of hydrogen-bond acceptors (Lipinski definition) is 4. The molecule has 0 aromatic heterocycles. The number of carbonyl (C=O) groups excluding carboxylic acids is 1. The lowest BCUT2D eigenvalue weighted by atomic mass is 10.0. The third kappa shape index (κ3) is 15.9. The lowest BCUT2D eigenvalue weighted by molar-refractivity contribution is -0.149. The maximum atomic E-state index is 11.2. The Morgan fingerprint density at radius 3 is 1.94 bits per heavy atom. The molecule has 0 amide bonds. The fourth-order valence-electron chi connectivity index (χ4n) is 3.95. The van der Waals surface area contributed by atoms with E-state index in [1.807, 2.05) is 6.07 Å². The molecule has 0 saturated carbocycles. The first-order valence-electron chi connectivity index (χ1n) is 12.6. The van der Waals surface area contributed by atoms with Crippen molar-refractivity contribution < 1.29 is 24.2 Å². The van der Waals surface area contributed by atoms with Crippen molar-refractivity contribution in [3.8, 4) is 0 Å². The van der Waals surface area contributed by atoms with Crippen LogP contribution in [0.15, 0.2) is 30.3 Å². The molecule has 182 valence electrons. The van der Waals surface area contributed by atoms with Gasteiger partial charge < -0.3 is 14.6 Å². The van der Waals surface area contributed by atoms with Crippen LogP contribution in [0.1, 0.15) is 109 Å². The molecule has 1 rings (SSSR count). The molecule has 0 radical (unpaired) electrons. The number of esters is 1. The summed E-state index contributed by atoms with van der Waals surface area (Å²) in [6.07, 6.45) is 14.1. The van der Waals surface area contributed by atoms with Gasteiger partial charge in [0.25, 0.3) is 0 Å². The molecule has 2 unspecified atom stereocenters. The van der Waals surface area contributed by atoms with E-state index in [0.717, 1.165) is 38.5 Å². The zero-order chi connectivity index (χ0) is 23.4. The lowest BCUT2D eigenvalue weighted by Gasteiger charge is -2.18. The van der Waals surface area contributed by atoms with Crippen LogP contribution in [-0.2, 0) is 25.7 Å². The number of ether oxygens (including phenoxy) is 2. The third-order valence-corrected chi connectivity index (χ3v) is 5.77. The molecule has 0 spiro atoms. The predicted molar refractivity (Wildman–Crippen MR) is 129 cm³/mol. The molecule has 0 heterocycles. The highest BCUT2D eigenvalue weighted by Crippen LogP contribution is 2.19. The Bertz CT molecular complexity index is 601. The highest BCUT2D eigenvalue weighted by molar-refractivity contribution is 5.67. The van der Waals surface area contributed by atoms with Gasteiger partial charge in [0.05, 0.1) is 12.7 Å². The van der Waals surface area contributed by atoms with Crippen molar-refractivity contribution in [1.82, 2.24) is 0 Å². The summed E-state index contributed by atoms with van der Waals surface area (Å²) in [7, 11) is 0. The van der Waals surface area contributed by atoms with Crippen LogP contribution in [0.25, 0.3) is 0 Å². The van der Waals surface area contributed by atoms with Gasteiger partial charge in [-0.15, -0.1) is 0 Å². The maximum Gasteiger partial charge on any atom is 0.303 e. The van der Waals surface area contributed by atoms with Crippen LogP contribution in [0, 0.1) is 0 Å². The van der Waals surface area contributed by atoms with E-state index in [-0.39, 0.29) is 18.5 Å². The van der Waals surface area contributed by atoms with Gasteiger partial charge >= 0.3 is 11.9 Å². The van der Waals surface area contributed by atoms with Gasteiger partial charge in [-0.3, -0.25) is 9.59 Å². The monoisotopic (exact) mass is 448 g/mol. The normalized spacial score (nSPS) is 12.9. The fraction of sp³-hybridized carbons (Fsp3) is 0.704. The predicted octanol–water partition coefficient (Wildman–Crippen LogP) is 7.07. The molecule has 32 heavy (non-hydrogen) atoms. The average Bonchev–Trinajstić information content (AvgIpc) is 2.77. The molecule has 0 aliphatic heterocycles. The van der Waals surface area contributed by atoms with Gasteiger partial charge in [0.2, 0.25) is 0 Å². The molecule has 0 bridgehead atoms. The van der Waals surface area contributed by atoms with E-state index in [2.05, 4.69) is 31.2 Å². The smallest absolute Gasteiger partial charge is 0.303 e. The number of benzene rings is 1. The summed E-state index contributed by atoms with van der Waals surface area (Å²) >= 11 is 0. The molecule has 1 N–H and O–H groups in total. The molecule has 5 heteroatoms. The van der Waals surface area contributed by atoms with E-state index >= 15 is 0 Å². The van der Waals surface area contributed by atoms with E-state index < -0.39 is 5.97 Å². The minimum absolute atomic E-state index is 0.0422. The molecular formula is C27H44O5. The van der Waals surface area contributed by atoms with Crippen molar-refractivity contribution >= 4 is 11.9 Å². The minimum atomic E-state index is -0.846. The standard InChI is InChI=1S/C27H44O5/c1-3-4-5-12-17-25(31-22-24-15-10-9-11-16-24)18-13-7-6-8-14-19-26(32-23(2)28)20-21-27(29)30/h9-11,15-16,25-26H,3-8,12-14,17-22H2,1-2H3,(H,29,30). The summed E-state index contributed by atoms with van der Waals surface area (Å²) in [5.74, 6) is -1.18. The lowest BCUT2D eigenvalue weighted by Crippen LogP contribution is -2.17. The van der Waals surface area contributed by atoms with Crippen LogP contribution in [0.3, 0.4) is 0 Å². The van der Waals surface area contributed by atoms with Gasteiger partial charge in [-0.1, -0.05) is 88.6 Å². The molecule has 0 aliphatic carbocycles. The van der Waals surface area contributed by atoms with E-state index in [0.29, 0.717) is 19.1 Å². The Morgan fingerprint density at radius 2 is 1.38 bits per heavy atom. The third-order valence-electron chi connectivity index (χ3n) is 5.77. The Balaban J connectivity index is 2.24. The number of rotatable bonds is 20. The highest BCUT2D eigenvalue weighted by atomic mass is 16.5. The molecule has 0 saturated heterocycles. The number of carboxylic acids is 1. The van der Waals surface area contributed by atoms with Gasteiger partial charge in [0.15, 0.2) is 0 Å². The molecular weight excluding hydrogens is 404 g/mol. The second kappa shape index (κ2) is 18.7. The highest BCUT2D eigenvalue weighted by Gasteiger charge is 2.14. The van der Waals surface area contributed by atoms with E-state index in [1.165, 1.54) is 51.0 Å². The molecule has 1 aromatic carbocycles. The molecule has 2 atom stereocenters. The summed E-state index contributed by atoms with van der Waals surface area (Å²) in [6, 6.07) is 10.4. The first-order chi connectivity index (χ1) is 15.5. The number of aliphatic carboxylic acids is 1. The van der Waals surface area contributed by atoms with Crippen molar-refractivity contribution in [2.75, 3.05) is 0 Å². The summed E-state index contributed by atoms with van der Waals surface area (Å²) in [6.45, 7) is 4.31. The summed E-state index contributed by atoms with van der Waals surface area (Å²) < 4.78 is 11.5. The summed E-state index contributed by atoms with van der Waals surface area (Å²) in [4.78, 5) is 22.0. The topological polar surface area (TPSA) is 72.8 Å². The SMILES string of the molecule is CCCCCCC(CCCCCCCC(CCC(=O)O)OC(C)=O)OCc1ccccc1. The van der Waals surface area contributed by atoms with Crippen molar-refractivity contribution in [1.29, 1.82) is 0 Å². The van der Waals surface area contributed by atoms with Gasteiger partial charge in [0.1, 0.15) is 6.10 Å². The van der Waals surface area contributed by atoms with Crippen LogP contribution in [0.4, 0.5) is 0 Å². The summed E-state index contributed by atoms with van der Waals surface area (Å²) in [5.41, 5.74) is 1.23. The first kappa shape index (κ1) is 28.2. The fourth-order valence-corrected chi connectivity index (χ4v) is 3.95. The van der Waals surface area contributed by atoms with Crippen molar-refractivity contribution in [2.24, 2.45) is 0 Å². The van der Waals surface area contributed by atoms with Crippen LogP contribution < -0.4 is 0 Å².